The molecule has 1 aliphatic heterocycles. The van der Waals surface area contributed by atoms with Gasteiger partial charge in [0.25, 0.3) is 0 Å². The minimum absolute atomic E-state index is 0.0737. The summed E-state index contributed by atoms with van der Waals surface area (Å²) in [5.41, 5.74) is 1.08. The van der Waals surface area contributed by atoms with Crippen molar-refractivity contribution in [3.63, 3.8) is 0 Å². The predicted molar refractivity (Wildman–Crippen MR) is 77.9 cm³/mol. The quantitative estimate of drug-likeness (QED) is 0.919. The van der Waals surface area contributed by atoms with Crippen LogP contribution in [-0.4, -0.2) is 29.1 Å². The molecule has 4 heteroatoms. The highest BCUT2D eigenvalue weighted by atomic mass is 16.4. The molecule has 0 aliphatic carbocycles. The van der Waals surface area contributed by atoms with E-state index in [4.69, 9.17) is 9.52 Å². The van der Waals surface area contributed by atoms with Crippen molar-refractivity contribution in [2.75, 3.05) is 13.1 Å². The summed E-state index contributed by atoms with van der Waals surface area (Å²) in [5.74, 6) is 0.616. The van der Waals surface area contributed by atoms with Gasteiger partial charge in [0.05, 0.1) is 6.54 Å². The van der Waals surface area contributed by atoms with E-state index in [1.807, 2.05) is 6.07 Å². The van der Waals surface area contributed by atoms with Gasteiger partial charge in [-0.2, -0.15) is 0 Å². The van der Waals surface area contributed by atoms with Crippen LogP contribution in [0.4, 0.5) is 0 Å². The maximum absolute atomic E-state index is 11.0. The van der Waals surface area contributed by atoms with Crippen molar-refractivity contribution in [3.05, 3.63) is 23.2 Å². The number of rotatable bonds is 3. The first kappa shape index (κ1) is 15.1. The van der Waals surface area contributed by atoms with E-state index in [0.717, 1.165) is 24.8 Å². The fraction of sp³-hybridized carbons (Fsp3) is 0.688. The number of furan rings is 1. The van der Waals surface area contributed by atoms with Crippen molar-refractivity contribution >= 4 is 5.97 Å². The molecule has 1 N–H and O–H groups in total. The number of likely N-dealkylation sites (tertiary alicyclic amines) is 1. The fourth-order valence-corrected chi connectivity index (χ4v) is 3.02. The van der Waals surface area contributed by atoms with Gasteiger partial charge in [-0.05, 0) is 50.3 Å². The topological polar surface area (TPSA) is 53.7 Å². The first-order valence-corrected chi connectivity index (χ1v) is 7.32. The van der Waals surface area contributed by atoms with Crippen molar-refractivity contribution in [2.24, 2.45) is 11.3 Å². The molecular weight excluding hydrogens is 254 g/mol. The summed E-state index contributed by atoms with van der Waals surface area (Å²) >= 11 is 0. The summed E-state index contributed by atoms with van der Waals surface area (Å²) in [7, 11) is 0. The first-order chi connectivity index (χ1) is 9.27. The molecule has 1 fully saturated rings. The lowest BCUT2D eigenvalue weighted by Gasteiger charge is -2.38. The molecule has 112 valence electrons. The molecule has 1 aromatic heterocycles. The van der Waals surface area contributed by atoms with Crippen LogP contribution >= 0.6 is 0 Å². The highest BCUT2D eigenvalue weighted by Gasteiger charge is 2.29. The Kier molecular flexibility index (Phi) is 4.23. The van der Waals surface area contributed by atoms with Crippen LogP contribution in [0, 0.1) is 18.3 Å². The molecule has 20 heavy (non-hydrogen) atoms. The van der Waals surface area contributed by atoms with Gasteiger partial charge >= 0.3 is 5.97 Å². The summed E-state index contributed by atoms with van der Waals surface area (Å²) in [5, 5.41) is 9.00. The predicted octanol–water partition coefficient (Wildman–Crippen LogP) is 3.54. The number of hydrogen-bond acceptors (Lipinski definition) is 3. The zero-order chi connectivity index (χ0) is 14.9. The molecule has 2 heterocycles. The van der Waals surface area contributed by atoms with Gasteiger partial charge in [0.1, 0.15) is 5.76 Å². The summed E-state index contributed by atoms with van der Waals surface area (Å²) in [4.78, 5) is 13.3. The van der Waals surface area contributed by atoms with Gasteiger partial charge in [0, 0.05) is 5.56 Å². The molecule has 2 rings (SSSR count). The Morgan fingerprint density at radius 3 is 2.45 bits per heavy atom. The SMILES string of the molecule is Cc1cc(CN2CCC(C(C)(C)C)CC2)oc1C(=O)O. The lowest BCUT2D eigenvalue weighted by atomic mass is 9.75. The Morgan fingerprint density at radius 1 is 1.40 bits per heavy atom. The summed E-state index contributed by atoms with van der Waals surface area (Å²) in [6.45, 7) is 11.5. The maximum Gasteiger partial charge on any atom is 0.372 e. The molecule has 0 saturated carbocycles. The highest BCUT2D eigenvalue weighted by molar-refractivity contribution is 5.86. The van der Waals surface area contributed by atoms with E-state index in [9.17, 15) is 4.79 Å². The number of aromatic carboxylic acids is 1. The largest absolute Gasteiger partial charge is 0.475 e. The standard InChI is InChI=1S/C16H25NO3/c1-11-9-13(20-14(11)15(18)19)10-17-7-5-12(6-8-17)16(2,3)4/h9,12H,5-8,10H2,1-4H3,(H,18,19). The maximum atomic E-state index is 11.0. The van der Waals surface area contributed by atoms with E-state index in [2.05, 4.69) is 25.7 Å². The second-order valence-electron chi connectivity index (χ2n) is 6.95. The van der Waals surface area contributed by atoms with Gasteiger partial charge in [-0.25, -0.2) is 4.79 Å². The molecule has 0 unspecified atom stereocenters. The number of nitrogens with zero attached hydrogens (tertiary/aromatic N) is 1. The van der Waals surface area contributed by atoms with Crippen LogP contribution in [0.1, 0.15) is 55.5 Å². The molecule has 0 radical (unpaired) electrons. The van der Waals surface area contributed by atoms with Crippen LogP contribution in [0.3, 0.4) is 0 Å². The van der Waals surface area contributed by atoms with Crippen molar-refractivity contribution in [2.45, 2.75) is 47.1 Å². The van der Waals surface area contributed by atoms with Gasteiger partial charge < -0.3 is 9.52 Å². The Labute approximate surface area is 120 Å². The van der Waals surface area contributed by atoms with Gasteiger partial charge in [-0.3, -0.25) is 4.90 Å². The minimum atomic E-state index is -0.986. The van der Waals surface area contributed by atoms with Crippen LogP contribution in [0.5, 0.6) is 0 Å². The number of carboxylic acids is 1. The van der Waals surface area contributed by atoms with Crippen LogP contribution in [0.2, 0.25) is 0 Å². The summed E-state index contributed by atoms with van der Waals surface area (Å²) in [6, 6.07) is 1.85. The van der Waals surface area contributed by atoms with Crippen molar-refractivity contribution < 1.29 is 14.3 Å². The number of carbonyl (C=O) groups is 1. The Bertz CT molecular complexity index is 476. The van der Waals surface area contributed by atoms with Gasteiger partial charge in [0.2, 0.25) is 5.76 Å². The zero-order valence-corrected chi connectivity index (χ0v) is 12.9. The molecule has 0 aromatic carbocycles. The van der Waals surface area contributed by atoms with Gasteiger partial charge in [-0.15, -0.1) is 0 Å². The second kappa shape index (κ2) is 5.60. The third-order valence-electron chi connectivity index (χ3n) is 4.35. The Balaban J connectivity index is 1.93. The average molecular weight is 279 g/mol. The summed E-state index contributed by atoms with van der Waals surface area (Å²) in [6.07, 6.45) is 2.41. The lowest BCUT2D eigenvalue weighted by Crippen LogP contribution is -2.37. The van der Waals surface area contributed by atoms with E-state index >= 15 is 0 Å². The highest BCUT2D eigenvalue weighted by Crippen LogP contribution is 2.34. The third-order valence-corrected chi connectivity index (χ3v) is 4.35. The smallest absolute Gasteiger partial charge is 0.372 e. The molecule has 0 bridgehead atoms. The number of piperidine rings is 1. The van der Waals surface area contributed by atoms with E-state index < -0.39 is 5.97 Å². The average Bonchev–Trinajstić information content (AvgIpc) is 2.70. The van der Waals surface area contributed by atoms with Crippen LogP contribution < -0.4 is 0 Å². The molecule has 4 nitrogen and oxygen atoms in total. The fourth-order valence-electron chi connectivity index (χ4n) is 3.02. The number of aryl methyl sites for hydroxylation is 1. The van der Waals surface area contributed by atoms with Crippen LogP contribution in [-0.2, 0) is 6.54 Å². The van der Waals surface area contributed by atoms with Gasteiger partial charge in [-0.1, -0.05) is 20.8 Å². The van der Waals surface area contributed by atoms with E-state index in [-0.39, 0.29) is 5.76 Å². The Morgan fingerprint density at radius 2 is 2.00 bits per heavy atom. The monoisotopic (exact) mass is 279 g/mol. The van der Waals surface area contributed by atoms with Crippen LogP contribution in [0.25, 0.3) is 0 Å². The molecule has 0 amide bonds. The molecule has 1 saturated heterocycles. The van der Waals surface area contributed by atoms with Crippen LogP contribution in [0.15, 0.2) is 10.5 Å². The molecule has 1 aliphatic rings. The second-order valence-corrected chi connectivity index (χ2v) is 6.95. The number of hydrogen-bond donors (Lipinski definition) is 1. The lowest BCUT2D eigenvalue weighted by molar-refractivity contribution is 0.0653. The zero-order valence-electron chi connectivity index (χ0n) is 12.9. The van der Waals surface area contributed by atoms with Crippen molar-refractivity contribution in [1.82, 2.24) is 4.90 Å². The Hall–Kier alpha value is -1.29. The first-order valence-electron chi connectivity index (χ1n) is 7.32. The summed E-state index contributed by atoms with van der Waals surface area (Å²) < 4.78 is 5.43. The molecular formula is C16H25NO3. The molecule has 0 spiro atoms. The minimum Gasteiger partial charge on any atom is -0.475 e. The van der Waals surface area contributed by atoms with E-state index in [0.29, 0.717) is 17.5 Å². The molecule has 1 aromatic rings. The van der Waals surface area contributed by atoms with E-state index in [1.165, 1.54) is 12.8 Å². The number of carboxylic acid groups (broad SMARTS) is 1. The third kappa shape index (κ3) is 3.42. The molecule has 0 atom stereocenters. The normalized spacial score (nSPS) is 18.4. The van der Waals surface area contributed by atoms with Crippen molar-refractivity contribution in [1.29, 1.82) is 0 Å². The van der Waals surface area contributed by atoms with Crippen molar-refractivity contribution in [3.8, 4) is 0 Å². The van der Waals surface area contributed by atoms with E-state index in [1.54, 1.807) is 6.92 Å². The van der Waals surface area contributed by atoms with Gasteiger partial charge in [0.15, 0.2) is 0 Å².